The van der Waals surface area contributed by atoms with E-state index in [0.29, 0.717) is 16.9 Å². The average molecular weight is 374 g/mol. The van der Waals surface area contributed by atoms with E-state index in [1.807, 2.05) is 6.08 Å². The first-order chi connectivity index (χ1) is 10.7. The molecule has 5 nitrogen and oxygen atoms in total. The molecule has 0 bridgehead atoms. The monoisotopic (exact) mass is 373 g/mol. The highest BCUT2D eigenvalue weighted by Gasteiger charge is 2.28. The lowest BCUT2D eigenvalue weighted by molar-refractivity contribution is 0.163. The number of aromatic hydroxyl groups is 1. The molecule has 1 fully saturated rings. The van der Waals surface area contributed by atoms with Gasteiger partial charge in [-0.25, -0.2) is 0 Å². The summed E-state index contributed by atoms with van der Waals surface area (Å²) >= 11 is 0. The minimum absolute atomic E-state index is 0. The molecule has 1 atom stereocenters. The number of nitrogens with one attached hydrogen (secondary N) is 1. The van der Waals surface area contributed by atoms with Crippen molar-refractivity contribution >= 4 is 24.8 Å². The summed E-state index contributed by atoms with van der Waals surface area (Å²) in [5.74, 6) is 0.488. The molecule has 0 aliphatic carbocycles. The molecule has 134 valence electrons. The summed E-state index contributed by atoms with van der Waals surface area (Å²) in [5.41, 5.74) is 1.18. The van der Waals surface area contributed by atoms with Gasteiger partial charge in [0.05, 0.1) is 18.7 Å². The number of benzene rings is 1. The van der Waals surface area contributed by atoms with Gasteiger partial charge in [0, 0.05) is 37.8 Å². The second-order valence-electron chi connectivity index (χ2n) is 5.36. The summed E-state index contributed by atoms with van der Waals surface area (Å²) in [4.78, 5) is 2.31. The summed E-state index contributed by atoms with van der Waals surface area (Å²) in [5, 5.41) is 23.3. The molecular formula is C17H25Cl2N3O2. The number of piperazine rings is 1. The lowest BCUT2D eigenvalue weighted by Gasteiger charge is -2.36. The van der Waals surface area contributed by atoms with Crippen LogP contribution in [0.15, 0.2) is 24.8 Å². The van der Waals surface area contributed by atoms with Gasteiger partial charge in [0.1, 0.15) is 0 Å². The molecule has 1 aromatic rings. The maximum Gasteiger partial charge on any atom is 0.163 e. The molecule has 1 aromatic carbocycles. The number of halogens is 2. The Labute approximate surface area is 156 Å². The lowest BCUT2D eigenvalue weighted by Crippen LogP contribution is -2.45. The van der Waals surface area contributed by atoms with Crippen LogP contribution in [0.5, 0.6) is 11.5 Å². The third-order valence-electron chi connectivity index (χ3n) is 4.09. The Morgan fingerprint density at radius 1 is 1.42 bits per heavy atom. The van der Waals surface area contributed by atoms with Gasteiger partial charge in [-0.1, -0.05) is 6.08 Å². The first-order valence-electron chi connectivity index (χ1n) is 7.58. The highest BCUT2D eigenvalue weighted by Crippen LogP contribution is 2.40. The third kappa shape index (κ3) is 5.02. The van der Waals surface area contributed by atoms with Crippen molar-refractivity contribution in [3.05, 3.63) is 35.9 Å². The van der Waals surface area contributed by atoms with E-state index in [1.165, 1.54) is 7.11 Å². The van der Waals surface area contributed by atoms with Gasteiger partial charge in [-0.05, 0) is 25.0 Å². The summed E-state index contributed by atoms with van der Waals surface area (Å²) in [7, 11) is 1.52. The highest BCUT2D eigenvalue weighted by molar-refractivity contribution is 5.85. The Morgan fingerprint density at radius 3 is 2.62 bits per heavy atom. The normalized spacial score (nSPS) is 15.3. The average Bonchev–Trinajstić information content (AvgIpc) is 2.57. The van der Waals surface area contributed by atoms with Crippen LogP contribution in [-0.2, 0) is 0 Å². The van der Waals surface area contributed by atoms with E-state index in [2.05, 4.69) is 22.9 Å². The minimum Gasteiger partial charge on any atom is -0.504 e. The highest BCUT2D eigenvalue weighted by atomic mass is 35.5. The van der Waals surface area contributed by atoms with E-state index in [9.17, 15) is 10.4 Å². The maximum atomic E-state index is 10.6. The van der Waals surface area contributed by atoms with Crippen LogP contribution in [0.3, 0.4) is 0 Å². The van der Waals surface area contributed by atoms with Crippen molar-refractivity contribution in [1.82, 2.24) is 10.2 Å². The predicted octanol–water partition coefficient (Wildman–Crippen LogP) is 3.03. The molecule has 24 heavy (non-hydrogen) atoms. The smallest absolute Gasteiger partial charge is 0.163 e. The van der Waals surface area contributed by atoms with Gasteiger partial charge in [-0.15, -0.1) is 31.4 Å². The van der Waals surface area contributed by atoms with Crippen molar-refractivity contribution in [2.75, 3.05) is 33.3 Å². The van der Waals surface area contributed by atoms with Gasteiger partial charge in [0.15, 0.2) is 11.5 Å². The number of nitriles is 1. The van der Waals surface area contributed by atoms with Crippen molar-refractivity contribution in [3.63, 3.8) is 0 Å². The van der Waals surface area contributed by atoms with Crippen LogP contribution in [0.2, 0.25) is 0 Å². The number of hydrogen-bond acceptors (Lipinski definition) is 5. The summed E-state index contributed by atoms with van der Waals surface area (Å²) in [6, 6.07) is 5.55. The molecule has 0 spiro atoms. The minimum atomic E-state index is -0.00940. The van der Waals surface area contributed by atoms with Gasteiger partial charge >= 0.3 is 0 Å². The van der Waals surface area contributed by atoms with Crippen molar-refractivity contribution in [1.29, 1.82) is 5.26 Å². The molecule has 7 heteroatoms. The number of rotatable bonds is 6. The molecule has 1 saturated heterocycles. The quantitative estimate of drug-likeness (QED) is 0.750. The topological polar surface area (TPSA) is 68.5 Å². The summed E-state index contributed by atoms with van der Waals surface area (Å²) in [6.45, 7) is 7.40. The zero-order valence-electron chi connectivity index (χ0n) is 13.8. The molecule has 2 rings (SSSR count). The number of hydrogen-bond donors (Lipinski definition) is 2. The van der Waals surface area contributed by atoms with Crippen molar-refractivity contribution < 1.29 is 9.84 Å². The zero-order valence-corrected chi connectivity index (χ0v) is 15.5. The molecule has 0 radical (unpaired) electrons. The Balaban J connectivity index is 0.00000264. The van der Waals surface area contributed by atoms with Crippen LogP contribution in [0.4, 0.5) is 0 Å². The van der Waals surface area contributed by atoms with Crippen LogP contribution < -0.4 is 10.1 Å². The number of methoxy groups -OCH3 is 1. The van der Waals surface area contributed by atoms with Crippen molar-refractivity contribution in [3.8, 4) is 17.6 Å². The SMILES string of the molecule is C=CCC[C@H](c1c(C#N)ccc(OC)c1O)N1CCNCC1.Cl.Cl. The second kappa shape index (κ2) is 11.2. The molecule has 1 aliphatic heterocycles. The van der Waals surface area contributed by atoms with Gasteiger partial charge in [-0.3, -0.25) is 4.90 Å². The fourth-order valence-electron chi connectivity index (χ4n) is 2.97. The van der Waals surface area contributed by atoms with Crippen LogP contribution in [0.25, 0.3) is 0 Å². The molecule has 0 amide bonds. The molecule has 1 heterocycles. The van der Waals surface area contributed by atoms with Gasteiger partial charge in [-0.2, -0.15) is 5.26 Å². The molecule has 1 aliphatic rings. The Morgan fingerprint density at radius 2 is 2.08 bits per heavy atom. The van der Waals surface area contributed by atoms with E-state index in [0.717, 1.165) is 39.0 Å². The Bertz CT molecular complexity index is 570. The molecular weight excluding hydrogens is 349 g/mol. The molecule has 2 N–H and O–H groups in total. The second-order valence-corrected chi connectivity index (χ2v) is 5.36. The van der Waals surface area contributed by atoms with Gasteiger partial charge in [0.2, 0.25) is 0 Å². The van der Waals surface area contributed by atoms with Gasteiger partial charge < -0.3 is 15.2 Å². The van der Waals surface area contributed by atoms with E-state index in [4.69, 9.17) is 4.74 Å². The fraction of sp³-hybridized carbons (Fsp3) is 0.471. The predicted molar refractivity (Wildman–Crippen MR) is 100 cm³/mol. The number of allylic oxidation sites excluding steroid dienone is 1. The fourth-order valence-corrected chi connectivity index (χ4v) is 2.97. The van der Waals surface area contributed by atoms with Gasteiger partial charge in [0.25, 0.3) is 0 Å². The molecule has 0 aromatic heterocycles. The molecule has 0 unspecified atom stereocenters. The van der Waals surface area contributed by atoms with E-state index >= 15 is 0 Å². The first-order valence-corrected chi connectivity index (χ1v) is 7.58. The number of phenolic OH excluding ortho intramolecular Hbond substituents is 1. The van der Waals surface area contributed by atoms with Crippen molar-refractivity contribution in [2.24, 2.45) is 0 Å². The van der Waals surface area contributed by atoms with Crippen LogP contribution in [0, 0.1) is 11.3 Å². The van der Waals surface area contributed by atoms with E-state index in [1.54, 1.807) is 12.1 Å². The van der Waals surface area contributed by atoms with E-state index < -0.39 is 0 Å². The maximum absolute atomic E-state index is 10.6. The van der Waals surface area contributed by atoms with Crippen molar-refractivity contribution in [2.45, 2.75) is 18.9 Å². The number of phenols is 1. The number of nitrogens with zero attached hydrogens (tertiary/aromatic N) is 2. The van der Waals surface area contributed by atoms with Crippen LogP contribution >= 0.6 is 24.8 Å². The summed E-state index contributed by atoms with van der Waals surface area (Å²) in [6.07, 6.45) is 3.52. The zero-order chi connectivity index (χ0) is 15.9. The van der Waals surface area contributed by atoms with Crippen LogP contribution in [-0.4, -0.2) is 43.3 Å². The van der Waals surface area contributed by atoms with Crippen LogP contribution in [0.1, 0.15) is 30.0 Å². The number of ether oxygens (including phenoxy) is 1. The first kappa shape index (κ1) is 22.6. The standard InChI is InChI=1S/C17H23N3O2.2ClH/c1-3-4-5-14(20-10-8-19-9-11-20)16-13(12-18)6-7-15(22-2)17(16)21;;/h3,6-7,14,19,21H,1,4-5,8-11H2,2H3;2*1H/t14-;;/m1../s1. The Kier molecular flexibility index (Phi) is 10.5. The largest absolute Gasteiger partial charge is 0.504 e. The Hall–Kier alpha value is -1.45. The van der Waals surface area contributed by atoms with E-state index in [-0.39, 0.29) is 36.6 Å². The lowest BCUT2D eigenvalue weighted by atomic mass is 9.93. The molecule has 0 saturated carbocycles. The third-order valence-corrected chi connectivity index (χ3v) is 4.09. The summed E-state index contributed by atoms with van der Waals surface area (Å²) < 4.78 is 5.22.